The molecule has 0 bridgehead atoms. The molecule has 0 aliphatic carbocycles. The summed E-state index contributed by atoms with van der Waals surface area (Å²) in [7, 11) is 0. The van der Waals surface area contributed by atoms with Gasteiger partial charge in [0.1, 0.15) is 5.82 Å². The molecule has 2 rings (SSSR count). The monoisotopic (exact) mass is 328 g/mol. The van der Waals surface area contributed by atoms with E-state index in [0.29, 0.717) is 4.47 Å². The van der Waals surface area contributed by atoms with Gasteiger partial charge in [-0.2, -0.15) is 0 Å². The standard InChI is InChI=1S/C14H18BrFN2O/c1-14(2)7-4-8-17-12(14)13(19)18-11-9(15)5-3-6-10(11)16/h3,5-6,12,17H,4,7-8H2,1-2H3,(H,18,19). The molecular formula is C14H18BrFN2O. The molecule has 1 aromatic carbocycles. The lowest BCUT2D eigenvalue weighted by atomic mass is 9.77. The Morgan fingerprint density at radius 1 is 1.53 bits per heavy atom. The van der Waals surface area contributed by atoms with E-state index in [2.05, 4.69) is 40.4 Å². The maximum absolute atomic E-state index is 13.7. The van der Waals surface area contributed by atoms with Gasteiger partial charge in [0.2, 0.25) is 5.91 Å². The van der Waals surface area contributed by atoms with Gasteiger partial charge < -0.3 is 10.6 Å². The number of benzene rings is 1. The highest BCUT2D eigenvalue weighted by molar-refractivity contribution is 9.10. The van der Waals surface area contributed by atoms with Gasteiger partial charge in [-0.05, 0) is 52.9 Å². The molecule has 5 heteroatoms. The summed E-state index contributed by atoms with van der Waals surface area (Å²) in [6, 6.07) is 4.34. The van der Waals surface area contributed by atoms with Crippen LogP contribution in [-0.2, 0) is 4.79 Å². The van der Waals surface area contributed by atoms with Gasteiger partial charge in [-0.25, -0.2) is 4.39 Å². The van der Waals surface area contributed by atoms with Crippen LogP contribution in [0.25, 0.3) is 0 Å². The Morgan fingerprint density at radius 2 is 2.26 bits per heavy atom. The lowest BCUT2D eigenvalue weighted by Crippen LogP contribution is -2.53. The largest absolute Gasteiger partial charge is 0.321 e. The van der Waals surface area contributed by atoms with Crippen LogP contribution in [0.15, 0.2) is 22.7 Å². The first kappa shape index (κ1) is 14.5. The smallest absolute Gasteiger partial charge is 0.242 e. The number of rotatable bonds is 2. The molecule has 1 amide bonds. The molecule has 1 atom stereocenters. The van der Waals surface area contributed by atoms with Crippen molar-refractivity contribution < 1.29 is 9.18 Å². The van der Waals surface area contributed by atoms with Crippen LogP contribution < -0.4 is 10.6 Å². The molecule has 19 heavy (non-hydrogen) atoms. The molecule has 1 saturated heterocycles. The molecule has 0 spiro atoms. The van der Waals surface area contributed by atoms with E-state index in [1.54, 1.807) is 12.1 Å². The Hall–Kier alpha value is -0.940. The molecule has 0 saturated carbocycles. The third-order valence-electron chi connectivity index (χ3n) is 3.60. The normalized spacial score (nSPS) is 22.0. The van der Waals surface area contributed by atoms with Gasteiger partial charge in [0.25, 0.3) is 0 Å². The Kier molecular flexibility index (Phi) is 4.26. The summed E-state index contributed by atoms with van der Waals surface area (Å²) in [5, 5.41) is 5.90. The first-order valence-electron chi connectivity index (χ1n) is 6.40. The van der Waals surface area contributed by atoms with Crippen molar-refractivity contribution in [1.82, 2.24) is 5.32 Å². The molecule has 0 aromatic heterocycles. The molecule has 2 N–H and O–H groups in total. The summed E-state index contributed by atoms with van der Waals surface area (Å²) in [5.41, 5.74) is 0.0794. The Labute approximate surface area is 121 Å². The number of para-hydroxylation sites is 1. The zero-order valence-corrected chi connectivity index (χ0v) is 12.7. The highest BCUT2D eigenvalue weighted by atomic mass is 79.9. The van der Waals surface area contributed by atoms with Crippen molar-refractivity contribution in [3.63, 3.8) is 0 Å². The maximum atomic E-state index is 13.7. The molecule has 1 aromatic rings. The average molecular weight is 329 g/mol. The predicted molar refractivity (Wildman–Crippen MR) is 77.5 cm³/mol. The van der Waals surface area contributed by atoms with Crippen LogP contribution in [0.3, 0.4) is 0 Å². The SMILES string of the molecule is CC1(C)CCCNC1C(=O)Nc1c(F)cccc1Br. The number of amides is 1. The quantitative estimate of drug-likeness (QED) is 0.874. The molecule has 1 aliphatic rings. The van der Waals surface area contributed by atoms with Crippen LogP contribution in [0.1, 0.15) is 26.7 Å². The third-order valence-corrected chi connectivity index (χ3v) is 4.26. The first-order valence-corrected chi connectivity index (χ1v) is 7.19. The number of hydrogen-bond acceptors (Lipinski definition) is 2. The summed E-state index contributed by atoms with van der Waals surface area (Å²) in [6.45, 7) is 4.93. The minimum Gasteiger partial charge on any atom is -0.321 e. The molecular weight excluding hydrogens is 311 g/mol. The molecule has 104 valence electrons. The highest BCUT2D eigenvalue weighted by Gasteiger charge is 2.37. The van der Waals surface area contributed by atoms with Crippen LogP contribution in [0.2, 0.25) is 0 Å². The van der Waals surface area contributed by atoms with Gasteiger partial charge in [0, 0.05) is 4.47 Å². The number of carbonyl (C=O) groups is 1. The second kappa shape index (κ2) is 5.59. The Balaban J connectivity index is 2.17. The molecule has 1 aliphatic heterocycles. The number of nitrogens with one attached hydrogen (secondary N) is 2. The topological polar surface area (TPSA) is 41.1 Å². The van der Waals surface area contributed by atoms with E-state index in [9.17, 15) is 9.18 Å². The van der Waals surface area contributed by atoms with E-state index in [1.807, 2.05) is 0 Å². The first-order chi connectivity index (χ1) is 8.92. The Bertz CT molecular complexity index is 470. The van der Waals surface area contributed by atoms with Gasteiger partial charge in [0.05, 0.1) is 11.7 Å². The fraction of sp³-hybridized carbons (Fsp3) is 0.500. The van der Waals surface area contributed by atoms with Gasteiger partial charge in [-0.15, -0.1) is 0 Å². The van der Waals surface area contributed by atoms with Crippen molar-refractivity contribution in [2.45, 2.75) is 32.7 Å². The lowest BCUT2D eigenvalue weighted by Gasteiger charge is -2.38. The van der Waals surface area contributed by atoms with Crippen LogP contribution >= 0.6 is 15.9 Å². The van der Waals surface area contributed by atoms with E-state index in [-0.39, 0.29) is 23.1 Å². The lowest BCUT2D eigenvalue weighted by molar-refractivity contribution is -0.121. The Morgan fingerprint density at radius 3 is 2.89 bits per heavy atom. The zero-order chi connectivity index (χ0) is 14.0. The molecule has 1 heterocycles. The highest BCUT2D eigenvalue weighted by Crippen LogP contribution is 2.32. The van der Waals surface area contributed by atoms with Gasteiger partial charge in [-0.3, -0.25) is 4.79 Å². The summed E-state index contributed by atoms with van der Waals surface area (Å²) >= 11 is 3.25. The van der Waals surface area contributed by atoms with E-state index >= 15 is 0 Å². The fourth-order valence-corrected chi connectivity index (χ4v) is 2.91. The number of hydrogen-bond donors (Lipinski definition) is 2. The summed E-state index contributed by atoms with van der Waals surface area (Å²) in [4.78, 5) is 12.3. The van der Waals surface area contributed by atoms with Crippen molar-refractivity contribution in [3.05, 3.63) is 28.5 Å². The fourth-order valence-electron chi connectivity index (χ4n) is 2.47. The summed E-state index contributed by atoms with van der Waals surface area (Å²) < 4.78 is 14.3. The molecule has 0 radical (unpaired) electrons. The van der Waals surface area contributed by atoms with E-state index in [1.165, 1.54) is 6.07 Å². The van der Waals surface area contributed by atoms with Gasteiger partial charge in [-0.1, -0.05) is 19.9 Å². The second-order valence-electron chi connectivity index (χ2n) is 5.57. The third kappa shape index (κ3) is 3.15. The number of anilines is 1. The summed E-state index contributed by atoms with van der Waals surface area (Å²) in [6.07, 6.45) is 2.04. The molecule has 3 nitrogen and oxygen atoms in total. The molecule has 1 fully saturated rings. The summed E-state index contributed by atoms with van der Waals surface area (Å²) in [5.74, 6) is -0.619. The van der Waals surface area contributed by atoms with Crippen molar-refractivity contribution in [3.8, 4) is 0 Å². The number of halogens is 2. The zero-order valence-electron chi connectivity index (χ0n) is 11.1. The second-order valence-corrected chi connectivity index (χ2v) is 6.42. The van der Waals surface area contributed by atoms with Crippen molar-refractivity contribution in [2.75, 3.05) is 11.9 Å². The van der Waals surface area contributed by atoms with E-state index < -0.39 is 5.82 Å². The van der Waals surface area contributed by atoms with Gasteiger partial charge in [0.15, 0.2) is 0 Å². The van der Waals surface area contributed by atoms with Crippen LogP contribution in [-0.4, -0.2) is 18.5 Å². The van der Waals surface area contributed by atoms with Gasteiger partial charge >= 0.3 is 0 Å². The van der Waals surface area contributed by atoms with Crippen molar-refractivity contribution in [1.29, 1.82) is 0 Å². The van der Waals surface area contributed by atoms with E-state index in [0.717, 1.165) is 19.4 Å². The van der Waals surface area contributed by atoms with Crippen LogP contribution in [0.5, 0.6) is 0 Å². The minimum atomic E-state index is -0.434. The van der Waals surface area contributed by atoms with E-state index in [4.69, 9.17) is 0 Å². The number of carbonyl (C=O) groups excluding carboxylic acids is 1. The van der Waals surface area contributed by atoms with Crippen LogP contribution in [0, 0.1) is 11.2 Å². The van der Waals surface area contributed by atoms with Crippen molar-refractivity contribution >= 4 is 27.5 Å². The predicted octanol–water partition coefficient (Wildman–Crippen LogP) is 3.30. The average Bonchev–Trinajstić information content (AvgIpc) is 2.33. The minimum absolute atomic E-state index is 0.125. The van der Waals surface area contributed by atoms with Crippen LogP contribution in [0.4, 0.5) is 10.1 Å². The number of piperidine rings is 1. The maximum Gasteiger partial charge on any atom is 0.242 e. The van der Waals surface area contributed by atoms with Crippen molar-refractivity contribution in [2.24, 2.45) is 5.41 Å². The molecule has 1 unspecified atom stereocenters.